The third kappa shape index (κ3) is 4.29. The van der Waals surface area contributed by atoms with Crippen LogP contribution in [0.4, 0.5) is 10.5 Å². The first kappa shape index (κ1) is 23.5. The minimum Gasteiger partial charge on any atom is -0.246 e. The number of sulfonamides is 1. The lowest BCUT2D eigenvalue weighted by Gasteiger charge is -2.39. The molecule has 2 amide bonds. The second-order valence-corrected chi connectivity index (χ2v) is 10.5. The van der Waals surface area contributed by atoms with Gasteiger partial charge >= 0.3 is 6.03 Å². The highest BCUT2D eigenvalue weighted by atomic mass is 32.2. The van der Waals surface area contributed by atoms with E-state index < -0.39 is 22.2 Å². The number of aliphatic imine (C=N–C) groups is 1. The summed E-state index contributed by atoms with van der Waals surface area (Å²) < 4.78 is 28.8. The fourth-order valence-corrected chi connectivity index (χ4v) is 5.56. The summed E-state index contributed by atoms with van der Waals surface area (Å²) in [4.78, 5) is 20.6. The number of carbonyl (C=O) groups is 1. The van der Waals surface area contributed by atoms with Crippen LogP contribution in [0.25, 0.3) is 0 Å². The van der Waals surface area contributed by atoms with Crippen LogP contribution in [0.1, 0.15) is 28.4 Å². The zero-order valence-corrected chi connectivity index (χ0v) is 20.8. The van der Waals surface area contributed by atoms with Crippen molar-refractivity contribution in [3.63, 3.8) is 0 Å². The lowest BCUT2D eigenvalue weighted by molar-refractivity contribution is 0.219. The van der Waals surface area contributed by atoms with Crippen molar-refractivity contribution in [3.05, 3.63) is 131 Å². The number of amidine groups is 1. The van der Waals surface area contributed by atoms with Gasteiger partial charge in [0.1, 0.15) is 5.84 Å². The molecule has 1 aliphatic rings. The van der Waals surface area contributed by atoms with Crippen molar-refractivity contribution in [3.8, 4) is 0 Å². The summed E-state index contributed by atoms with van der Waals surface area (Å²) in [6.45, 7) is 3.83. The molecular weight excluding hydrogens is 470 g/mol. The van der Waals surface area contributed by atoms with Gasteiger partial charge in [-0.2, -0.15) is 4.31 Å². The molecule has 0 N–H and O–H groups in total. The van der Waals surface area contributed by atoms with Gasteiger partial charge in [0, 0.05) is 5.56 Å². The molecular formula is C29H25N3O3S. The summed E-state index contributed by atoms with van der Waals surface area (Å²) in [7, 11) is -4.24. The van der Waals surface area contributed by atoms with Crippen molar-refractivity contribution in [1.82, 2.24) is 4.31 Å². The summed E-state index contributed by atoms with van der Waals surface area (Å²) in [6.07, 6.45) is -1.07. The Morgan fingerprint density at radius 2 is 1.22 bits per heavy atom. The predicted molar refractivity (Wildman–Crippen MR) is 141 cm³/mol. The van der Waals surface area contributed by atoms with Gasteiger partial charge in [-0.05, 0) is 43.7 Å². The fourth-order valence-electron chi connectivity index (χ4n) is 4.13. The number of benzene rings is 4. The molecule has 0 aliphatic carbocycles. The maximum Gasteiger partial charge on any atom is 0.346 e. The van der Waals surface area contributed by atoms with Crippen LogP contribution in [0.5, 0.6) is 0 Å². The van der Waals surface area contributed by atoms with Crippen molar-refractivity contribution >= 4 is 27.6 Å². The van der Waals surface area contributed by atoms with Gasteiger partial charge in [-0.25, -0.2) is 23.1 Å². The maximum absolute atomic E-state index is 14.3. The molecule has 6 nitrogen and oxygen atoms in total. The molecule has 0 fully saturated rings. The molecule has 4 aromatic carbocycles. The van der Waals surface area contributed by atoms with Crippen LogP contribution in [0.15, 0.2) is 119 Å². The van der Waals surface area contributed by atoms with E-state index in [0.29, 0.717) is 22.6 Å². The van der Waals surface area contributed by atoms with Gasteiger partial charge in [-0.3, -0.25) is 0 Å². The quantitative estimate of drug-likeness (QED) is 0.337. The van der Waals surface area contributed by atoms with Gasteiger partial charge in [-0.15, -0.1) is 0 Å². The summed E-state index contributed by atoms with van der Waals surface area (Å²) in [5, 5.41) is 0. The number of nitrogens with zero attached hydrogens (tertiary/aromatic N) is 3. The third-order valence-corrected chi connectivity index (χ3v) is 7.80. The minimum atomic E-state index is -4.24. The van der Waals surface area contributed by atoms with E-state index >= 15 is 0 Å². The predicted octanol–water partition coefficient (Wildman–Crippen LogP) is 6.08. The highest BCUT2D eigenvalue weighted by molar-refractivity contribution is 7.89. The average Bonchev–Trinajstić information content (AvgIpc) is 2.90. The van der Waals surface area contributed by atoms with E-state index in [0.717, 1.165) is 15.4 Å². The van der Waals surface area contributed by atoms with Crippen LogP contribution in [-0.2, 0) is 10.0 Å². The number of carbonyl (C=O) groups excluding carboxylic acids is 1. The Hall–Kier alpha value is -4.23. The number of rotatable bonds is 5. The molecule has 1 atom stereocenters. The first-order valence-electron chi connectivity index (χ1n) is 11.6. The molecule has 36 heavy (non-hydrogen) atoms. The Balaban J connectivity index is 1.76. The number of hydrogen-bond donors (Lipinski definition) is 0. The Morgan fingerprint density at radius 3 is 1.81 bits per heavy atom. The summed E-state index contributed by atoms with van der Waals surface area (Å²) in [5.74, 6) is 0.383. The lowest BCUT2D eigenvalue weighted by atomic mass is 10.1. The highest BCUT2D eigenvalue weighted by Crippen LogP contribution is 2.36. The fraction of sp³-hybridized carbons (Fsp3) is 0.103. The number of amides is 2. The van der Waals surface area contributed by atoms with Crippen molar-refractivity contribution in [2.24, 2.45) is 4.99 Å². The average molecular weight is 496 g/mol. The second-order valence-electron chi connectivity index (χ2n) is 8.67. The number of aryl methyl sites for hydroxylation is 2. The van der Waals surface area contributed by atoms with Crippen LogP contribution < -0.4 is 4.90 Å². The van der Waals surface area contributed by atoms with E-state index in [-0.39, 0.29) is 4.90 Å². The molecule has 0 aromatic heterocycles. The van der Waals surface area contributed by atoms with Crippen molar-refractivity contribution in [2.75, 3.05) is 4.90 Å². The molecule has 0 spiro atoms. The largest absolute Gasteiger partial charge is 0.346 e. The normalized spacial score (nSPS) is 16.1. The zero-order chi connectivity index (χ0) is 25.3. The van der Waals surface area contributed by atoms with Gasteiger partial charge in [0.2, 0.25) is 0 Å². The van der Waals surface area contributed by atoms with Gasteiger partial charge in [0.05, 0.1) is 10.6 Å². The molecule has 0 saturated heterocycles. The van der Waals surface area contributed by atoms with Crippen LogP contribution in [0.2, 0.25) is 0 Å². The topological polar surface area (TPSA) is 70.1 Å². The number of hydrogen-bond acceptors (Lipinski definition) is 4. The molecule has 1 unspecified atom stereocenters. The Morgan fingerprint density at radius 1 is 0.694 bits per heavy atom. The first-order chi connectivity index (χ1) is 17.4. The van der Waals surface area contributed by atoms with Gasteiger partial charge in [0.25, 0.3) is 10.0 Å². The SMILES string of the molecule is Cc1ccc(N2C(=O)N(S(=O)(=O)c3ccc(C)cc3)C(c3ccccc3)N=C2c2ccccc2)cc1. The van der Waals surface area contributed by atoms with Crippen LogP contribution >= 0.6 is 0 Å². The van der Waals surface area contributed by atoms with Gasteiger partial charge < -0.3 is 0 Å². The smallest absolute Gasteiger partial charge is 0.246 e. The molecule has 180 valence electrons. The summed E-state index contributed by atoms with van der Waals surface area (Å²) >= 11 is 0. The van der Waals surface area contributed by atoms with E-state index in [1.807, 2.05) is 62.4 Å². The molecule has 1 aliphatic heterocycles. The number of urea groups is 1. The maximum atomic E-state index is 14.3. The number of anilines is 1. The summed E-state index contributed by atoms with van der Waals surface area (Å²) in [5.41, 5.74) is 3.78. The Kier molecular flexibility index (Phi) is 6.16. The van der Waals surface area contributed by atoms with E-state index in [2.05, 4.69) is 0 Å². The molecule has 7 heteroatoms. The monoisotopic (exact) mass is 495 g/mol. The van der Waals surface area contributed by atoms with E-state index in [1.165, 1.54) is 17.0 Å². The highest BCUT2D eigenvalue weighted by Gasteiger charge is 2.45. The van der Waals surface area contributed by atoms with Crippen LogP contribution in [0.3, 0.4) is 0 Å². The van der Waals surface area contributed by atoms with E-state index in [4.69, 9.17) is 4.99 Å². The first-order valence-corrected chi connectivity index (χ1v) is 13.0. The Bertz CT molecular complexity index is 1520. The standard InChI is InChI=1S/C29H25N3O3S/c1-21-13-17-25(18-14-21)31-27(23-9-5-3-6-10-23)30-28(24-11-7-4-8-12-24)32(29(31)33)36(34,35)26-19-15-22(2)16-20-26/h3-20,28H,1-2H3. The zero-order valence-electron chi connectivity index (χ0n) is 19.9. The van der Waals surface area contributed by atoms with Gasteiger partial charge in [-0.1, -0.05) is 96.1 Å². The second kappa shape index (κ2) is 9.43. The molecule has 0 saturated carbocycles. The van der Waals surface area contributed by atoms with Crippen molar-refractivity contribution in [1.29, 1.82) is 0 Å². The summed E-state index contributed by atoms with van der Waals surface area (Å²) in [6, 6.07) is 31.5. The molecule has 0 radical (unpaired) electrons. The van der Waals surface area contributed by atoms with Crippen LogP contribution in [0, 0.1) is 13.8 Å². The third-order valence-electron chi connectivity index (χ3n) is 6.06. The minimum absolute atomic E-state index is 0.0320. The van der Waals surface area contributed by atoms with Gasteiger partial charge in [0.15, 0.2) is 6.17 Å². The molecule has 5 rings (SSSR count). The van der Waals surface area contributed by atoms with Crippen LogP contribution in [-0.4, -0.2) is 24.6 Å². The molecule has 1 heterocycles. The van der Waals surface area contributed by atoms with Crippen molar-refractivity contribution in [2.45, 2.75) is 24.9 Å². The van der Waals surface area contributed by atoms with E-state index in [9.17, 15) is 13.2 Å². The Labute approximate surface area is 211 Å². The van der Waals surface area contributed by atoms with E-state index in [1.54, 1.807) is 48.5 Å². The lowest BCUT2D eigenvalue weighted by Crippen LogP contribution is -2.54. The molecule has 4 aromatic rings. The molecule has 0 bridgehead atoms. The van der Waals surface area contributed by atoms with Crippen molar-refractivity contribution < 1.29 is 13.2 Å².